The van der Waals surface area contributed by atoms with Crippen molar-refractivity contribution in [2.75, 3.05) is 13.2 Å². The van der Waals surface area contributed by atoms with E-state index in [1.807, 2.05) is 0 Å². The van der Waals surface area contributed by atoms with Gasteiger partial charge in [-0.05, 0) is 42.5 Å². The van der Waals surface area contributed by atoms with E-state index in [9.17, 15) is 19.1 Å². The number of fused-ring (bicyclic) bond motifs is 1. The summed E-state index contributed by atoms with van der Waals surface area (Å²) in [5.41, 5.74) is -0.212. The summed E-state index contributed by atoms with van der Waals surface area (Å²) in [6, 6.07) is 10.3. The Labute approximate surface area is 141 Å². The minimum atomic E-state index is -1.38. The molecule has 1 heterocycles. The molecule has 0 amide bonds. The maximum Gasteiger partial charge on any atom is 0.341 e. The van der Waals surface area contributed by atoms with E-state index < -0.39 is 22.8 Å². The zero-order valence-corrected chi connectivity index (χ0v) is 13.0. The van der Waals surface area contributed by atoms with E-state index in [-0.39, 0.29) is 18.6 Å². The number of carbonyl (C=O) groups is 1. The maximum absolute atomic E-state index is 13.5. The lowest BCUT2D eigenvalue weighted by Gasteiger charge is -2.13. The number of benzene rings is 2. The molecule has 128 valence electrons. The zero-order chi connectivity index (χ0) is 18.0. The number of aliphatic hydroxyl groups excluding tert-OH is 1. The second kappa shape index (κ2) is 6.74. The fourth-order valence-electron chi connectivity index (χ4n) is 2.53. The van der Waals surface area contributed by atoms with Crippen LogP contribution in [0.5, 0.6) is 5.75 Å². The number of halogens is 1. The Balaban J connectivity index is 2.19. The highest BCUT2D eigenvalue weighted by Crippen LogP contribution is 2.21. The molecule has 0 radical (unpaired) electrons. The molecule has 7 heteroatoms. The molecule has 3 rings (SSSR count). The van der Waals surface area contributed by atoms with Gasteiger partial charge in [-0.15, -0.1) is 0 Å². The lowest BCUT2D eigenvalue weighted by Crippen LogP contribution is -2.18. The lowest BCUT2D eigenvalue weighted by atomic mass is 10.1. The van der Waals surface area contributed by atoms with Crippen molar-refractivity contribution in [2.24, 2.45) is 0 Å². The first-order valence-electron chi connectivity index (χ1n) is 7.43. The molecule has 3 aromatic rings. The fraction of sp³-hybridized carbons (Fsp3) is 0.111. The molecule has 0 spiro atoms. The first-order chi connectivity index (χ1) is 12.0. The predicted molar refractivity (Wildman–Crippen MR) is 89.0 cm³/mol. The molecule has 0 saturated heterocycles. The van der Waals surface area contributed by atoms with E-state index in [4.69, 9.17) is 9.84 Å². The van der Waals surface area contributed by atoms with Gasteiger partial charge in [0.25, 0.3) is 0 Å². The highest BCUT2D eigenvalue weighted by Gasteiger charge is 2.16. The molecule has 0 fully saturated rings. The highest BCUT2D eigenvalue weighted by atomic mass is 19.1. The van der Waals surface area contributed by atoms with E-state index in [0.717, 1.165) is 6.07 Å². The van der Waals surface area contributed by atoms with Crippen LogP contribution in [0.3, 0.4) is 0 Å². The number of aliphatic hydroxyl groups is 1. The van der Waals surface area contributed by atoms with E-state index in [2.05, 4.69) is 0 Å². The van der Waals surface area contributed by atoms with Gasteiger partial charge in [0.05, 0.1) is 12.1 Å². The van der Waals surface area contributed by atoms with Crippen molar-refractivity contribution < 1.29 is 24.1 Å². The normalized spacial score (nSPS) is 10.8. The van der Waals surface area contributed by atoms with Crippen LogP contribution in [0.2, 0.25) is 0 Å². The molecule has 2 N–H and O–H groups in total. The second-order valence-corrected chi connectivity index (χ2v) is 5.27. The molecular formula is C18H14FNO5. The number of pyridine rings is 1. The number of aromatic nitrogens is 1. The first-order valence-corrected chi connectivity index (χ1v) is 7.43. The van der Waals surface area contributed by atoms with E-state index >= 15 is 0 Å². The van der Waals surface area contributed by atoms with E-state index in [1.165, 1.54) is 22.9 Å². The number of carboxylic acids is 1. The third-order valence-electron chi connectivity index (χ3n) is 3.67. The van der Waals surface area contributed by atoms with Gasteiger partial charge in [0.1, 0.15) is 23.7 Å². The Bertz CT molecular complexity index is 995. The van der Waals surface area contributed by atoms with Gasteiger partial charge in [-0.1, -0.05) is 0 Å². The second-order valence-electron chi connectivity index (χ2n) is 5.27. The molecule has 25 heavy (non-hydrogen) atoms. The molecule has 0 aliphatic carbocycles. The summed E-state index contributed by atoms with van der Waals surface area (Å²) in [5.74, 6) is -1.47. The summed E-state index contributed by atoms with van der Waals surface area (Å²) in [7, 11) is 0. The molecule has 0 atom stereocenters. The van der Waals surface area contributed by atoms with Gasteiger partial charge >= 0.3 is 5.97 Å². The van der Waals surface area contributed by atoms with Gasteiger partial charge in [-0.2, -0.15) is 0 Å². The fourth-order valence-corrected chi connectivity index (χ4v) is 2.53. The third-order valence-corrected chi connectivity index (χ3v) is 3.67. The zero-order valence-electron chi connectivity index (χ0n) is 13.0. The van der Waals surface area contributed by atoms with Gasteiger partial charge in [-0.25, -0.2) is 9.18 Å². The smallest absolute Gasteiger partial charge is 0.341 e. The number of hydrogen-bond acceptors (Lipinski definition) is 4. The van der Waals surface area contributed by atoms with Crippen LogP contribution in [0.1, 0.15) is 10.4 Å². The first kappa shape index (κ1) is 16.7. The van der Waals surface area contributed by atoms with Crippen molar-refractivity contribution in [3.05, 3.63) is 70.3 Å². The van der Waals surface area contributed by atoms with Crippen LogP contribution in [0.4, 0.5) is 4.39 Å². The lowest BCUT2D eigenvalue weighted by molar-refractivity contribution is 0.0695. The summed E-state index contributed by atoms with van der Waals surface area (Å²) in [6.45, 7) is 0.0440. The van der Waals surface area contributed by atoms with Crippen LogP contribution in [0.25, 0.3) is 16.6 Å². The minimum absolute atomic E-state index is 0.0134. The van der Waals surface area contributed by atoms with Crippen molar-refractivity contribution >= 4 is 16.9 Å². The van der Waals surface area contributed by atoms with Crippen molar-refractivity contribution in [2.45, 2.75) is 0 Å². The van der Waals surface area contributed by atoms with Gasteiger partial charge < -0.3 is 19.5 Å². The summed E-state index contributed by atoms with van der Waals surface area (Å²) in [4.78, 5) is 23.6. The SMILES string of the molecule is O=C(O)c1cn(-c2ccc(OCCO)cc2)c2ccc(F)cc2c1=O. The molecule has 0 saturated carbocycles. The van der Waals surface area contributed by atoms with Crippen LogP contribution in [-0.2, 0) is 0 Å². The van der Waals surface area contributed by atoms with Crippen LogP contribution in [0, 0.1) is 5.82 Å². The topological polar surface area (TPSA) is 88.8 Å². The van der Waals surface area contributed by atoms with Crippen molar-refractivity contribution in [3.63, 3.8) is 0 Å². The summed E-state index contributed by atoms with van der Waals surface area (Å²) in [6.07, 6.45) is 1.22. The van der Waals surface area contributed by atoms with Crippen LogP contribution >= 0.6 is 0 Å². The Kier molecular flexibility index (Phi) is 4.49. The van der Waals surface area contributed by atoms with Crippen LogP contribution in [0.15, 0.2) is 53.5 Å². The average molecular weight is 343 g/mol. The molecule has 0 unspecified atom stereocenters. The summed E-state index contributed by atoms with van der Waals surface area (Å²) >= 11 is 0. The van der Waals surface area contributed by atoms with E-state index in [0.29, 0.717) is 17.0 Å². The van der Waals surface area contributed by atoms with Gasteiger partial charge in [-0.3, -0.25) is 4.79 Å². The largest absolute Gasteiger partial charge is 0.491 e. The highest BCUT2D eigenvalue weighted by molar-refractivity contribution is 5.93. The van der Waals surface area contributed by atoms with Crippen LogP contribution < -0.4 is 10.2 Å². The quantitative estimate of drug-likeness (QED) is 0.741. The average Bonchev–Trinajstić information content (AvgIpc) is 2.61. The monoisotopic (exact) mass is 343 g/mol. The third kappa shape index (κ3) is 3.22. The Morgan fingerprint density at radius 2 is 1.88 bits per heavy atom. The molecule has 0 bridgehead atoms. The van der Waals surface area contributed by atoms with Crippen LogP contribution in [-0.4, -0.2) is 34.0 Å². The Hall–Kier alpha value is -3.19. The number of hydrogen-bond donors (Lipinski definition) is 2. The van der Waals surface area contributed by atoms with Crippen molar-refractivity contribution in [1.82, 2.24) is 4.57 Å². The van der Waals surface area contributed by atoms with Crippen molar-refractivity contribution in [1.29, 1.82) is 0 Å². The van der Waals surface area contributed by atoms with Gasteiger partial charge in [0.15, 0.2) is 0 Å². The molecule has 6 nitrogen and oxygen atoms in total. The molecule has 1 aromatic heterocycles. The number of ether oxygens (including phenoxy) is 1. The molecule has 2 aromatic carbocycles. The Morgan fingerprint density at radius 1 is 1.16 bits per heavy atom. The number of nitrogens with zero attached hydrogens (tertiary/aromatic N) is 1. The maximum atomic E-state index is 13.5. The summed E-state index contributed by atoms with van der Waals surface area (Å²) < 4.78 is 20.3. The predicted octanol–water partition coefficient (Wildman–Crippen LogP) is 2.20. The number of carboxylic acid groups (broad SMARTS) is 1. The van der Waals surface area contributed by atoms with Gasteiger partial charge in [0, 0.05) is 17.3 Å². The minimum Gasteiger partial charge on any atom is -0.491 e. The molecule has 0 aliphatic heterocycles. The number of rotatable bonds is 5. The molecular weight excluding hydrogens is 329 g/mol. The summed E-state index contributed by atoms with van der Waals surface area (Å²) in [5, 5.41) is 18.0. The Morgan fingerprint density at radius 3 is 2.52 bits per heavy atom. The van der Waals surface area contributed by atoms with E-state index in [1.54, 1.807) is 24.3 Å². The number of aromatic carboxylic acids is 1. The molecule has 0 aliphatic rings. The van der Waals surface area contributed by atoms with Crippen molar-refractivity contribution in [3.8, 4) is 11.4 Å². The van der Waals surface area contributed by atoms with Gasteiger partial charge in [0.2, 0.25) is 5.43 Å². The standard InChI is InChI=1S/C18H14FNO5/c19-11-1-6-16-14(9-11)17(22)15(18(23)24)10-20(16)12-2-4-13(5-3-12)25-8-7-21/h1-6,9-10,21H,7-8H2,(H,23,24).